The van der Waals surface area contributed by atoms with Crippen LogP contribution >= 0.6 is 11.6 Å². The van der Waals surface area contributed by atoms with E-state index in [0.29, 0.717) is 49.5 Å². The van der Waals surface area contributed by atoms with Crippen molar-refractivity contribution >= 4 is 39.1 Å². The average molecular weight is 783 g/mol. The van der Waals surface area contributed by atoms with E-state index >= 15 is 0 Å². The maximum absolute atomic E-state index is 13.7. The Morgan fingerprint density at radius 2 is 1.83 bits per heavy atom. The number of hydrogen-bond acceptors (Lipinski definition) is 8. The number of nitrogens with one attached hydrogen (secondary N) is 1. The first kappa shape index (κ1) is 39.4. The number of carbonyl (C=O) groups excluding carboxylic acids is 2. The summed E-state index contributed by atoms with van der Waals surface area (Å²) in [6, 6.07) is 11.7. The number of anilines is 1. The number of rotatable bonds is 5. The Morgan fingerprint density at radius 1 is 1.00 bits per heavy atom. The fourth-order valence-electron chi connectivity index (χ4n) is 10.3. The molecule has 2 aromatic carbocycles. The van der Waals surface area contributed by atoms with Gasteiger partial charge in [0.05, 0.1) is 30.7 Å². The molecule has 6 atom stereocenters. The quantitative estimate of drug-likeness (QED) is 0.377. The van der Waals surface area contributed by atoms with Crippen molar-refractivity contribution in [3.63, 3.8) is 0 Å². The molecular formula is C42H59ClN4O6S. The molecule has 1 spiro atoms. The minimum Gasteiger partial charge on any atom is -0.490 e. The molecule has 2 aromatic rings. The highest BCUT2D eigenvalue weighted by molar-refractivity contribution is 7.90. The van der Waals surface area contributed by atoms with E-state index in [1.54, 1.807) is 20.1 Å². The standard InChI is InChI=1S/C42H59ClN4O6S/c1-29-8-5-9-33(24-45-18-7-19-46(20-21-52-4)39(48)25-45)35-15-17-41(35,3)26-47-27-42(16-6-10-31-22-34(43)12-13-36(31)42)28-53-38-14-11-32(23-37(38)47)40(49)44-54(50,51)30(29)2/h11-14,22-23,29-30,33,35H,5-10,15-21,24-28H2,1-4H3,(H,44,49)/t29-,30+,33-,35-,41?,42-/m0/s1. The van der Waals surface area contributed by atoms with Crippen LogP contribution in [0.3, 0.4) is 0 Å². The summed E-state index contributed by atoms with van der Waals surface area (Å²) in [6.45, 7) is 12.2. The number of carbonyl (C=O) groups is 2. The zero-order valence-corrected chi connectivity index (χ0v) is 34.2. The second-order valence-corrected chi connectivity index (χ2v) is 19.8. The molecule has 1 saturated heterocycles. The van der Waals surface area contributed by atoms with Crippen LogP contribution in [0.4, 0.5) is 5.69 Å². The molecule has 2 bridgehead atoms. The highest BCUT2D eigenvalue weighted by Crippen LogP contribution is 2.54. The van der Waals surface area contributed by atoms with Gasteiger partial charge in [0.1, 0.15) is 5.75 Å². The van der Waals surface area contributed by atoms with Gasteiger partial charge < -0.3 is 19.3 Å². The molecular weight excluding hydrogens is 724 g/mol. The molecule has 0 aromatic heterocycles. The highest BCUT2D eigenvalue weighted by atomic mass is 35.5. The van der Waals surface area contributed by atoms with Crippen molar-refractivity contribution in [2.24, 2.45) is 23.2 Å². The van der Waals surface area contributed by atoms with E-state index in [-0.39, 0.29) is 22.7 Å². The molecule has 1 N–H and O–H groups in total. The Labute approximate surface area is 327 Å². The molecule has 54 heavy (non-hydrogen) atoms. The molecule has 1 unspecified atom stereocenters. The van der Waals surface area contributed by atoms with Gasteiger partial charge in [0.15, 0.2) is 0 Å². The number of hydrogen-bond donors (Lipinski definition) is 1. The molecule has 2 aliphatic carbocycles. The zero-order chi connectivity index (χ0) is 38.3. The van der Waals surface area contributed by atoms with E-state index in [1.165, 1.54) is 11.1 Å². The number of ether oxygens (including phenoxy) is 2. The van der Waals surface area contributed by atoms with Crippen LogP contribution < -0.4 is 14.4 Å². The predicted molar refractivity (Wildman–Crippen MR) is 213 cm³/mol. The van der Waals surface area contributed by atoms with Crippen LogP contribution in [0.15, 0.2) is 36.4 Å². The van der Waals surface area contributed by atoms with Crippen LogP contribution in [0.25, 0.3) is 0 Å². The van der Waals surface area contributed by atoms with E-state index < -0.39 is 21.2 Å². The average Bonchev–Trinajstić information content (AvgIpc) is 3.39. The Kier molecular flexibility index (Phi) is 11.6. The maximum Gasteiger partial charge on any atom is 0.264 e. The second kappa shape index (κ2) is 15.9. The summed E-state index contributed by atoms with van der Waals surface area (Å²) in [4.78, 5) is 33.9. The molecule has 10 nitrogen and oxygen atoms in total. The smallest absolute Gasteiger partial charge is 0.264 e. The van der Waals surface area contributed by atoms with Gasteiger partial charge in [-0.15, -0.1) is 0 Å². The van der Waals surface area contributed by atoms with Crippen LogP contribution in [-0.2, 0) is 31.4 Å². The monoisotopic (exact) mass is 782 g/mol. The van der Waals surface area contributed by atoms with Crippen LogP contribution in [-0.4, -0.2) is 101 Å². The number of halogens is 1. The van der Waals surface area contributed by atoms with Crippen LogP contribution in [0.5, 0.6) is 5.75 Å². The van der Waals surface area contributed by atoms with Gasteiger partial charge in [-0.1, -0.05) is 37.9 Å². The van der Waals surface area contributed by atoms with Crippen molar-refractivity contribution in [2.45, 2.75) is 89.2 Å². The van der Waals surface area contributed by atoms with Crippen LogP contribution in [0, 0.1) is 23.2 Å². The van der Waals surface area contributed by atoms with E-state index in [0.717, 1.165) is 101 Å². The number of aryl methyl sites for hydroxylation is 1. The zero-order valence-electron chi connectivity index (χ0n) is 32.6. The molecule has 1 saturated carbocycles. The van der Waals surface area contributed by atoms with Crippen LogP contribution in [0.1, 0.15) is 93.6 Å². The van der Waals surface area contributed by atoms with Crippen molar-refractivity contribution < 1.29 is 27.5 Å². The topological polar surface area (TPSA) is 108 Å². The number of nitrogens with zero attached hydrogens (tertiary/aromatic N) is 3. The molecule has 12 heteroatoms. The van der Waals surface area contributed by atoms with Crippen molar-refractivity contribution in [2.75, 3.05) is 71.0 Å². The lowest BCUT2D eigenvalue weighted by atomic mass is 9.55. The number of amides is 2. The summed E-state index contributed by atoms with van der Waals surface area (Å²) in [7, 11) is -2.25. The van der Waals surface area contributed by atoms with Crippen molar-refractivity contribution in [3.05, 3.63) is 58.1 Å². The molecule has 3 heterocycles. The number of benzene rings is 2. The van der Waals surface area contributed by atoms with Gasteiger partial charge in [0.25, 0.3) is 5.91 Å². The molecule has 7 rings (SSSR count). The lowest BCUT2D eigenvalue weighted by Gasteiger charge is -2.54. The summed E-state index contributed by atoms with van der Waals surface area (Å²) < 4.78 is 41.6. The van der Waals surface area contributed by atoms with E-state index in [4.69, 9.17) is 21.1 Å². The summed E-state index contributed by atoms with van der Waals surface area (Å²) in [5.41, 5.74) is 3.41. The van der Waals surface area contributed by atoms with Crippen molar-refractivity contribution in [1.29, 1.82) is 0 Å². The third-order valence-electron chi connectivity index (χ3n) is 13.8. The first-order chi connectivity index (χ1) is 25.8. The van der Waals surface area contributed by atoms with Gasteiger partial charge in [0, 0.05) is 62.4 Å². The Balaban J connectivity index is 1.25. The third-order valence-corrected chi connectivity index (χ3v) is 15.9. The molecule has 2 amide bonds. The largest absolute Gasteiger partial charge is 0.490 e. The Hall–Kier alpha value is -2.86. The normalized spacial score (nSPS) is 32.0. The Morgan fingerprint density at radius 3 is 2.61 bits per heavy atom. The SMILES string of the molecule is COCCN1CCCN(C[C@@H]2CCC[C@H](C)[C@@H](C)S(=O)(=O)NC(=O)c3ccc4c(c3)N(CC3(C)CC[C@@H]23)C[C@@]2(CCCc3cc(Cl)ccc32)CO4)CC1=O. The number of sulfonamides is 1. The summed E-state index contributed by atoms with van der Waals surface area (Å²) >= 11 is 6.51. The Bertz CT molecular complexity index is 1830. The minimum atomic E-state index is -3.93. The second-order valence-electron chi connectivity index (χ2n) is 17.4. The molecule has 2 fully saturated rings. The highest BCUT2D eigenvalue weighted by Gasteiger charge is 2.50. The molecule has 0 radical (unpaired) electrons. The predicted octanol–water partition coefficient (Wildman–Crippen LogP) is 6.29. The van der Waals surface area contributed by atoms with Gasteiger partial charge in [-0.25, -0.2) is 13.1 Å². The first-order valence-electron chi connectivity index (χ1n) is 20.2. The summed E-state index contributed by atoms with van der Waals surface area (Å²) in [5.74, 6) is 0.923. The van der Waals surface area contributed by atoms with E-state index in [9.17, 15) is 18.0 Å². The minimum absolute atomic E-state index is 0.0110. The summed E-state index contributed by atoms with van der Waals surface area (Å²) in [6.07, 6.45) is 8.72. The van der Waals surface area contributed by atoms with Crippen molar-refractivity contribution in [3.8, 4) is 5.75 Å². The molecule has 296 valence electrons. The van der Waals surface area contributed by atoms with E-state index in [1.807, 2.05) is 30.0 Å². The fraction of sp³-hybridized carbons (Fsp3) is 0.667. The van der Waals surface area contributed by atoms with Gasteiger partial charge in [0.2, 0.25) is 15.9 Å². The number of methoxy groups -OCH3 is 1. The van der Waals surface area contributed by atoms with Crippen molar-refractivity contribution in [1.82, 2.24) is 14.5 Å². The van der Waals surface area contributed by atoms with Gasteiger partial charge in [-0.05, 0) is 123 Å². The van der Waals surface area contributed by atoms with E-state index in [2.05, 4.69) is 33.6 Å². The van der Waals surface area contributed by atoms with Gasteiger partial charge in [-0.2, -0.15) is 0 Å². The summed E-state index contributed by atoms with van der Waals surface area (Å²) in [5, 5.41) is 0.0103. The van der Waals surface area contributed by atoms with Gasteiger partial charge >= 0.3 is 0 Å². The molecule has 5 aliphatic rings. The fourth-order valence-corrected chi connectivity index (χ4v) is 11.8. The van der Waals surface area contributed by atoms with Crippen LogP contribution in [0.2, 0.25) is 5.02 Å². The number of fused-ring (bicyclic) bond motifs is 4. The lowest BCUT2D eigenvalue weighted by Crippen LogP contribution is -2.54. The lowest BCUT2D eigenvalue weighted by molar-refractivity contribution is -0.132. The van der Waals surface area contributed by atoms with Gasteiger partial charge in [-0.3, -0.25) is 14.5 Å². The third kappa shape index (κ3) is 8.02. The maximum atomic E-state index is 13.7. The molecule has 3 aliphatic heterocycles. The first-order valence-corrected chi connectivity index (χ1v) is 22.1.